The fourth-order valence-electron chi connectivity index (χ4n) is 0.303. The summed E-state index contributed by atoms with van der Waals surface area (Å²) in [5.41, 5.74) is 0.366. The van der Waals surface area contributed by atoms with Crippen LogP contribution in [-0.2, 0) is 4.74 Å². The molecule has 0 radical (unpaired) electrons. The second-order valence-corrected chi connectivity index (χ2v) is 2.39. The van der Waals surface area contributed by atoms with Gasteiger partial charge in [-0.05, 0) is 20.1 Å². The normalized spacial score (nSPS) is 11.7. The lowest BCUT2D eigenvalue weighted by Crippen LogP contribution is -2.00. The Morgan fingerprint density at radius 2 is 1.89 bits per heavy atom. The van der Waals surface area contributed by atoms with Gasteiger partial charge in [-0.15, -0.1) is 11.8 Å². The van der Waals surface area contributed by atoms with Crippen LogP contribution < -0.4 is 0 Å². The molecule has 0 bridgehead atoms. The van der Waals surface area contributed by atoms with E-state index in [1.165, 1.54) is 0 Å². The molecule has 0 saturated heterocycles. The van der Waals surface area contributed by atoms with Crippen LogP contribution in [0.5, 0.6) is 0 Å². The van der Waals surface area contributed by atoms with Crippen molar-refractivity contribution < 1.29 is 4.74 Å². The van der Waals surface area contributed by atoms with Gasteiger partial charge in [0.2, 0.25) is 0 Å². The molecule has 1 atom stereocenters. The van der Waals surface area contributed by atoms with Crippen molar-refractivity contribution in [3.63, 3.8) is 0 Å². The highest BCUT2D eigenvalue weighted by Crippen LogP contribution is 2.04. The summed E-state index contributed by atoms with van der Waals surface area (Å²) in [5.74, 6) is 0. The van der Waals surface area contributed by atoms with Gasteiger partial charge in [-0.25, -0.2) is 0 Å². The van der Waals surface area contributed by atoms with Crippen LogP contribution in [0.3, 0.4) is 0 Å². The van der Waals surface area contributed by atoms with Crippen LogP contribution in [0, 0.1) is 0 Å². The van der Waals surface area contributed by atoms with Gasteiger partial charge in [0.25, 0.3) is 0 Å². The number of ether oxygens (including phenoxy) is 1. The van der Waals surface area contributed by atoms with Gasteiger partial charge >= 0.3 is 0 Å². The van der Waals surface area contributed by atoms with Crippen molar-refractivity contribution >= 4 is 11.8 Å². The van der Waals surface area contributed by atoms with Crippen LogP contribution in [-0.4, -0.2) is 18.3 Å². The molecule has 58 valence electrons. The Bertz CT molecular complexity index is 39.9. The van der Waals surface area contributed by atoms with Gasteiger partial charge in [0.05, 0.1) is 5.44 Å². The summed E-state index contributed by atoms with van der Waals surface area (Å²) < 4.78 is 5.15. The molecule has 9 heavy (non-hydrogen) atoms. The molecule has 0 heterocycles. The molecule has 0 aliphatic carbocycles. The molecule has 1 unspecified atom stereocenters. The molecule has 0 spiro atoms. The highest BCUT2D eigenvalue weighted by molar-refractivity contribution is 7.99. The average molecular weight is 150 g/mol. The molecule has 0 aromatic rings. The van der Waals surface area contributed by atoms with E-state index < -0.39 is 0 Å². The standard InChI is InChI=1S/C5H12OS.C2H6/c1-4-6-5(2)7-3;1-2/h5H,4H2,1-3H3;1-2H3. The SMILES string of the molecule is CC.CCOC(C)SC. The van der Waals surface area contributed by atoms with Gasteiger partial charge in [0.1, 0.15) is 0 Å². The first-order valence-corrected chi connectivity index (χ1v) is 4.74. The van der Waals surface area contributed by atoms with Crippen molar-refractivity contribution in [2.24, 2.45) is 0 Å². The molecule has 0 amide bonds. The van der Waals surface area contributed by atoms with Gasteiger partial charge in [0, 0.05) is 6.61 Å². The largest absolute Gasteiger partial charge is 0.368 e. The van der Waals surface area contributed by atoms with Crippen molar-refractivity contribution in [2.75, 3.05) is 12.9 Å². The Hall–Kier alpha value is 0.310. The molecular formula is C7H18OS. The molecule has 2 heteroatoms. The highest BCUT2D eigenvalue weighted by atomic mass is 32.2. The third kappa shape index (κ3) is 11.7. The summed E-state index contributed by atoms with van der Waals surface area (Å²) in [4.78, 5) is 0. The smallest absolute Gasteiger partial charge is 0.0996 e. The van der Waals surface area contributed by atoms with Crippen LogP contribution in [0.4, 0.5) is 0 Å². The number of thioether (sulfide) groups is 1. The van der Waals surface area contributed by atoms with Crippen molar-refractivity contribution in [2.45, 2.75) is 33.1 Å². The second kappa shape index (κ2) is 11.2. The van der Waals surface area contributed by atoms with E-state index in [2.05, 4.69) is 0 Å². The molecule has 0 aliphatic rings. The summed E-state index contributed by atoms with van der Waals surface area (Å²) >= 11 is 1.73. The van der Waals surface area contributed by atoms with Gasteiger partial charge in [-0.3, -0.25) is 0 Å². The van der Waals surface area contributed by atoms with E-state index in [9.17, 15) is 0 Å². The minimum Gasteiger partial charge on any atom is -0.368 e. The molecule has 0 rings (SSSR count). The van der Waals surface area contributed by atoms with E-state index in [-0.39, 0.29) is 0 Å². The Morgan fingerprint density at radius 3 is 2.00 bits per heavy atom. The van der Waals surface area contributed by atoms with E-state index in [4.69, 9.17) is 4.74 Å². The third-order valence-electron chi connectivity index (χ3n) is 0.733. The van der Waals surface area contributed by atoms with Gasteiger partial charge < -0.3 is 4.74 Å². The van der Waals surface area contributed by atoms with Gasteiger partial charge in [-0.1, -0.05) is 13.8 Å². The number of hydrogen-bond donors (Lipinski definition) is 0. The molecule has 0 fully saturated rings. The first kappa shape index (κ1) is 12.0. The fraction of sp³-hybridized carbons (Fsp3) is 1.00. The third-order valence-corrected chi connectivity index (χ3v) is 1.53. The summed E-state index contributed by atoms with van der Waals surface area (Å²) in [6.45, 7) is 8.88. The van der Waals surface area contributed by atoms with Crippen LogP contribution in [0.1, 0.15) is 27.7 Å². The van der Waals surface area contributed by atoms with E-state index in [0.29, 0.717) is 5.44 Å². The summed E-state index contributed by atoms with van der Waals surface area (Å²) in [6.07, 6.45) is 2.04. The molecule has 0 aliphatic heterocycles. The Balaban J connectivity index is 0. The molecule has 0 saturated carbocycles. The maximum Gasteiger partial charge on any atom is 0.0996 e. The molecule has 0 N–H and O–H groups in total. The molecule has 1 nitrogen and oxygen atoms in total. The molecule has 0 aromatic heterocycles. The highest BCUT2D eigenvalue weighted by Gasteiger charge is 1.92. The first-order valence-electron chi connectivity index (χ1n) is 3.45. The van der Waals surface area contributed by atoms with Crippen molar-refractivity contribution in [3.8, 4) is 0 Å². The van der Waals surface area contributed by atoms with E-state index in [1.54, 1.807) is 11.8 Å². The monoisotopic (exact) mass is 150 g/mol. The van der Waals surface area contributed by atoms with Crippen LogP contribution in [0.15, 0.2) is 0 Å². The van der Waals surface area contributed by atoms with Crippen molar-refractivity contribution in [1.82, 2.24) is 0 Å². The topological polar surface area (TPSA) is 9.23 Å². The molecular weight excluding hydrogens is 132 g/mol. The fourth-order valence-corrected chi connectivity index (χ4v) is 0.575. The first-order chi connectivity index (χ1) is 4.31. The number of hydrogen-bond acceptors (Lipinski definition) is 2. The lowest BCUT2D eigenvalue weighted by Gasteiger charge is -2.05. The Labute approximate surface area is 63.2 Å². The number of rotatable bonds is 3. The van der Waals surface area contributed by atoms with Crippen molar-refractivity contribution in [1.29, 1.82) is 0 Å². The van der Waals surface area contributed by atoms with E-state index in [0.717, 1.165) is 6.61 Å². The average Bonchev–Trinajstić information content (AvgIpc) is 1.93. The predicted molar refractivity (Wildman–Crippen MR) is 46.0 cm³/mol. The lowest BCUT2D eigenvalue weighted by molar-refractivity contribution is 0.137. The maximum atomic E-state index is 5.15. The molecule has 0 aromatic carbocycles. The van der Waals surface area contributed by atoms with E-state index >= 15 is 0 Å². The predicted octanol–water partition coefficient (Wildman–Crippen LogP) is 2.76. The minimum atomic E-state index is 0.366. The zero-order chi connectivity index (χ0) is 7.70. The summed E-state index contributed by atoms with van der Waals surface area (Å²) in [5, 5.41) is 0. The lowest BCUT2D eigenvalue weighted by atomic mass is 10.8. The Morgan fingerprint density at radius 1 is 1.44 bits per heavy atom. The quantitative estimate of drug-likeness (QED) is 0.572. The minimum absolute atomic E-state index is 0.366. The van der Waals surface area contributed by atoms with Gasteiger partial charge in [0.15, 0.2) is 0 Å². The zero-order valence-electron chi connectivity index (χ0n) is 7.10. The summed E-state index contributed by atoms with van der Waals surface area (Å²) in [6, 6.07) is 0. The maximum absolute atomic E-state index is 5.15. The summed E-state index contributed by atoms with van der Waals surface area (Å²) in [7, 11) is 0. The second-order valence-electron chi connectivity index (χ2n) is 1.26. The van der Waals surface area contributed by atoms with Crippen molar-refractivity contribution in [3.05, 3.63) is 0 Å². The van der Waals surface area contributed by atoms with Gasteiger partial charge in [-0.2, -0.15) is 0 Å². The van der Waals surface area contributed by atoms with E-state index in [1.807, 2.05) is 34.0 Å². The zero-order valence-corrected chi connectivity index (χ0v) is 7.92. The van der Waals surface area contributed by atoms with Crippen LogP contribution in [0.25, 0.3) is 0 Å². The Kier molecular flexibility index (Phi) is 14.9. The van der Waals surface area contributed by atoms with Crippen LogP contribution in [0.2, 0.25) is 0 Å². The van der Waals surface area contributed by atoms with Crippen LogP contribution >= 0.6 is 11.8 Å².